The van der Waals surface area contributed by atoms with Crippen molar-refractivity contribution in [2.75, 3.05) is 6.54 Å². The summed E-state index contributed by atoms with van der Waals surface area (Å²) in [6.07, 6.45) is 3.06. The van der Waals surface area contributed by atoms with Crippen LogP contribution < -0.4 is 5.32 Å². The van der Waals surface area contributed by atoms with Crippen molar-refractivity contribution < 1.29 is 9.59 Å². The summed E-state index contributed by atoms with van der Waals surface area (Å²) in [5.41, 5.74) is 1.05. The fourth-order valence-electron chi connectivity index (χ4n) is 2.35. The molecule has 2 amide bonds. The van der Waals surface area contributed by atoms with Crippen LogP contribution in [0.3, 0.4) is 0 Å². The molecule has 0 saturated carbocycles. The number of carbonyl (C=O) groups excluding carboxylic acids is 2. The largest absolute Gasteiger partial charge is 0.343 e. The number of nitrogens with zero attached hydrogens (tertiary/aromatic N) is 3. The van der Waals surface area contributed by atoms with Gasteiger partial charge in [-0.15, -0.1) is 0 Å². The normalized spacial score (nSPS) is 23.6. The summed E-state index contributed by atoms with van der Waals surface area (Å²) in [6.45, 7) is 4.21. The Balaban J connectivity index is 2.06. The first kappa shape index (κ1) is 13.6. The van der Waals surface area contributed by atoms with Crippen molar-refractivity contribution in [3.8, 4) is 0 Å². The second kappa shape index (κ2) is 5.42. The number of hydrogen-bond acceptors (Lipinski definition) is 3. The fraction of sp³-hybridized carbons (Fsp3) is 0.615. The first-order chi connectivity index (χ1) is 9.04. The number of piperazine rings is 1. The van der Waals surface area contributed by atoms with Crippen LogP contribution in [0.5, 0.6) is 0 Å². The molecule has 0 radical (unpaired) electrons. The third kappa shape index (κ3) is 2.62. The van der Waals surface area contributed by atoms with Crippen LogP contribution in [0.15, 0.2) is 12.3 Å². The summed E-state index contributed by atoms with van der Waals surface area (Å²) < 4.78 is 1.79. The third-order valence-corrected chi connectivity index (χ3v) is 3.68. The Morgan fingerprint density at radius 3 is 2.74 bits per heavy atom. The molecular formula is C13H20N4O2. The Labute approximate surface area is 112 Å². The zero-order chi connectivity index (χ0) is 14.0. The fourth-order valence-corrected chi connectivity index (χ4v) is 2.35. The molecule has 1 aromatic rings. The predicted molar refractivity (Wildman–Crippen MR) is 70.3 cm³/mol. The van der Waals surface area contributed by atoms with Gasteiger partial charge in [-0.05, 0) is 19.4 Å². The molecule has 1 saturated heterocycles. The number of rotatable bonds is 4. The summed E-state index contributed by atoms with van der Waals surface area (Å²) >= 11 is 0. The van der Waals surface area contributed by atoms with Gasteiger partial charge in [0.05, 0.1) is 0 Å². The van der Waals surface area contributed by atoms with E-state index in [0.29, 0.717) is 19.4 Å². The number of nitrogens with one attached hydrogen (secondary N) is 1. The molecule has 2 heterocycles. The Morgan fingerprint density at radius 2 is 2.16 bits per heavy atom. The zero-order valence-electron chi connectivity index (χ0n) is 11.6. The van der Waals surface area contributed by atoms with Crippen LogP contribution >= 0.6 is 0 Å². The van der Waals surface area contributed by atoms with E-state index >= 15 is 0 Å². The Morgan fingerprint density at radius 1 is 1.42 bits per heavy atom. The summed E-state index contributed by atoms with van der Waals surface area (Å²) in [4.78, 5) is 25.7. The van der Waals surface area contributed by atoms with Crippen LogP contribution in [0.25, 0.3) is 0 Å². The summed E-state index contributed by atoms with van der Waals surface area (Å²) in [5, 5.41) is 6.85. The molecule has 2 unspecified atom stereocenters. The average Bonchev–Trinajstić information content (AvgIpc) is 2.79. The maximum absolute atomic E-state index is 12.2. The van der Waals surface area contributed by atoms with Crippen molar-refractivity contribution >= 4 is 11.8 Å². The minimum absolute atomic E-state index is 0.0109. The van der Waals surface area contributed by atoms with Gasteiger partial charge in [0.1, 0.15) is 12.1 Å². The highest BCUT2D eigenvalue weighted by molar-refractivity contribution is 5.96. The van der Waals surface area contributed by atoms with E-state index in [2.05, 4.69) is 10.4 Å². The molecule has 1 aliphatic rings. The highest BCUT2D eigenvalue weighted by atomic mass is 16.2. The lowest BCUT2D eigenvalue weighted by atomic mass is 10.1. The van der Waals surface area contributed by atoms with Crippen molar-refractivity contribution in [3.05, 3.63) is 18.0 Å². The summed E-state index contributed by atoms with van der Waals surface area (Å²) in [6, 6.07) is 1.15. The number of aromatic nitrogens is 2. The van der Waals surface area contributed by atoms with Crippen molar-refractivity contribution in [2.24, 2.45) is 7.05 Å². The molecule has 1 N–H and O–H groups in total. The van der Waals surface area contributed by atoms with Gasteiger partial charge in [-0.25, -0.2) is 0 Å². The molecule has 0 spiro atoms. The zero-order valence-corrected chi connectivity index (χ0v) is 11.6. The summed E-state index contributed by atoms with van der Waals surface area (Å²) in [7, 11) is 1.87. The van der Waals surface area contributed by atoms with Gasteiger partial charge in [0.2, 0.25) is 11.8 Å². The first-order valence-corrected chi connectivity index (χ1v) is 6.62. The monoisotopic (exact) mass is 264 g/mol. The van der Waals surface area contributed by atoms with Crippen molar-refractivity contribution in [2.45, 2.75) is 38.8 Å². The highest BCUT2D eigenvalue weighted by Crippen LogP contribution is 2.13. The molecule has 1 fully saturated rings. The molecular weight excluding hydrogens is 244 g/mol. The molecule has 0 bridgehead atoms. The summed E-state index contributed by atoms with van der Waals surface area (Å²) in [5.74, 6) is -0.0618. The molecule has 6 nitrogen and oxygen atoms in total. The van der Waals surface area contributed by atoms with Gasteiger partial charge in [0.25, 0.3) is 0 Å². The molecule has 2 atom stereocenters. The van der Waals surface area contributed by atoms with E-state index in [-0.39, 0.29) is 17.9 Å². The van der Waals surface area contributed by atoms with Crippen molar-refractivity contribution in [1.29, 1.82) is 0 Å². The SMILES string of the molecule is CCC1NC(=O)C(C)N(CCc2ccnn2C)C1=O. The van der Waals surface area contributed by atoms with Gasteiger partial charge in [-0.2, -0.15) is 5.10 Å². The van der Waals surface area contributed by atoms with E-state index in [1.165, 1.54) is 0 Å². The molecule has 2 rings (SSSR count). The molecule has 0 aliphatic carbocycles. The van der Waals surface area contributed by atoms with Crippen molar-refractivity contribution in [3.63, 3.8) is 0 Å². The second-order valence-corrected chi connectivity index (χ2v) is 4.87. The predicted octanol–water partition coefficient (Wildman–Crippen LogP) is 0.0881. The van der Waals surface area contributed by atoms with Crippen molar-refractivity contribution in [1.82, 2.24) is 20.0 Å². The average molecular weight is 264 g/mol. The van der Waals surface area contributed by atoms with Gasteiger partial charge in [0.15, 0.2) is 0 Å². The van der Waals surface area contributed by atoms with E-state index in [1.807, 2.05) is 20.0 Å². The van der Waals surface area contributed by atoms with Gasteiger partial charge in [-0.3, -0.25) is 14.3 Å². The van der Waals surface area contributed by atoms with E-state index < -0.39 is 6.04 Å². The number of amides is 2. The maximum atomic E-state index is 12.2. The van der Waals surface area contributed by atoms with Crippen LogP contribution in [-0.2, 0) is 23.1 Å². The Bertz CT molecular complexity index is 483. The molecule has 6 heteroatoms. The van der Waals surface area contributed by atoms with Gasteiger partial charge < -0.3 is 10.2 Å². The van der Waals surface area contributed by atoms with Crippen LogP contribution in [0, 0.1) is 0 Å². The molecule has 1 aliphatic heterocycles. The smallest absolute Gasteiger partial charge is 0.245 e. The minimum atomic E-state index is -0.400. The van der Waals surface area contributed by atoms with Crippen LogP contribution in [0.4, 0.5) is 0 Å². The number of hydrogen-bond donors (Lipinski definition) is 1. The quantitative estimate of drug-likeness (QED) is 0.838. The van der Waals surface area contributed by atoms with E-state index in [4.69, 9.17) is 0 Å². The van der Waals surface area contributed by atoms with Gasteiger partial charge in [-0.1, -0.05) is 6.92 Å². The number of carbonyl (C=O) groups is 2. The van der Waals surface area contributed by atoms with E-state index in [9.17, 15) is 9.59 Å². The topological polar surface area (TPSA) is 67.2 Å². The van der Waals surface area contributed by atoms with Gasteiger partial charge >= 0.3 is 0 Å². The minimum Gasteiger partial charge on any atom is -0.343 e. The van der Waals surface area contributed by atoms with E-state index in [1.54, 1.807) is 22.7 Å². The standard InChI is InChI=1S/C13H20N4O2/c1-4-11-13(19)17(9(2)12(18)15-11)8-6-10-5-7-14-16(10)3/h5,7,9,11H,4,6,8H2,1-3H3,(H,15,18). The van der Waals surface area contributed by atoms with Gasteiger partial charge in [0, 0.05) is 31.9 Å². The molecule has 104 valence electrons. The third-order valence-electron chi connectivity index (χ3n) is 3.68. The first-order valence-electron chi connectivity index (χ1n) is 6.62. The second-order valence-electron chi connectivity index (χ2n) is 4.87. The van der Waals surface area contributed by atoms with E-state index in [0.717, 1.165) is 5.69 Å². The Kier molecular flexibility index (Phi) is 3.87. The number of aryl methyl sites for hydroxylation is 1. The Hall–Kier alpha value is -1.85. The molecule has 0 aromatic carbocycles. The molecule has 1 aromatic heterocycles. The van der Waals surface area contributed by atoms with Crippen LogP contribution in [-0.4, -0.2) is 45.1 Å². The lowest BCUT2D eigenvalue weighted by Crippen LogP contribution is -2.62. The maximum Gasteiger partial charge on any atom is 0.245 e. The van der Waals surface area contributed by atoms with Crippen LogP contribution in [0.2, 0.25) is 0 Å². The molecule has 19 heavy (non-hydrogen) atoms. The lowest BCUT2D eigenvalue weighted by Gasteiger charge is -2.37. The lowest BCUT2D eigenvalue weighted by molar-refractivity contribution is -0.148. The van der Waals surface area contributed by atoms with Crippen LogP contribution in [0.1, 0.15) is 26.0 Å². The highest BCUT2D eigenvalue weighted by Gasteiger charge is 2.36.